The summed E-state index contributed by atoms with van der Waals surface area (Å²) in [6.07, 6.45) is 1.26. The molecular weight excluding hydrogens is 544 g/mol. The summed E-state index contributed by atoms with van der Waals surface area (Å²) >= 11 is 9.46. The van der Waals surface area contributed by atoms with Crippen LogP contribution in [0, 0.1) is 10.1 Å². The van der Waals surface area contributed by atoms with Crippen LogP contribution in [-0.4, -0.2) is 39.5 Å². The Balaban J connectivity index is 2.16. The van der Waals surface area contributed by atoms with Crippen LogP contribution in [0.5, 0.6) is 5.75 Å². The van der Waals surface area contributed by atoms with Gasteiger partial charge in [0.05, 0.1) is 28.6 Å². The van der Waals surface area contributed by atoms with Gasteiger partial charge >= 0.3 is 11.7 Å². The van der Waals surface area contributed by atoms with Gasteiger partial charge in [-0.25, -0.2) is 9.78 Å². The van der Waals surface area contributed by atoms with E-state index in [4.69, 9.17) is 21.1 Å². The molecule has 35 heavy (non-hydrogen) atoms. The second kappa shape index (κ2) is 11.4. The number of nitrogens with zero attached hydrogens (tertiary/aromatic N) is 4. The molecule has 12 heteroatoms. The van der Waals surface area contributed by atoms with Crippen molar-refractivity contribution in [3.8, 4) is 5.75 Å². The lowest BCUT2D eigenvalue weighted by atomic mass is 10.2. The number of aromatic nitrogens is 2. The van der Waals surface area contributed by atoms with E-state index in [1.165, 1.54) is 19.2 Å². The maximum absolute atomic E-state index is 13.2. The van der Waals surface area contributed by atoms with Gasteiger partial charge in [0.15, 0.2) is 6.10 Å². The third-order valence-corrected chi connectivity index (χ3v) is 5.55. The summed E-state index contributed by atoms with van der Waals surface area (Å²) in [6, 6.07) is 7.66. The zero-order valence-corrected chi connectivity index (χ0v) is 21.5. The molecule has 0 spiro atoms. The van der Waals surface area contributed by atoms with E-state index in [9.17, 15) is 19.7 Å². The fourth-order valence-electron chi connectivity index (χ4n) is 3.26. The molecule has 184 valence electrons. The summed E-state index contributed by atoms with van der Waals surface area (Å²) in [5.41, 5.74) is -0.241. The van der Waals surface area contributed by atoms with Gasteiger partial charge < -0.3 is 9.47 Å². The zero-order chi connectivity index (χ0) is 25.7. The first kappa shape index (κ1) is 26.3. The summed E-state index contributed by atoms with van der Waals surface area (Å²) < 4.78 is 12.4. The van der Waals surface area contributed by atoms with Gasteiger partial charge in [-0.3, -0.25) is 14.9 Å². The van der Waals surface area contributed by atoms with Crippen LogP contribution < -0.4 is 10.3 Å². The molecule has 0 saturated heterocycles. The van der Waals surface area contributed by atoms with Crippen molar-refractivity contribution >= 4 is 56.3 Å². The minimum Gasteiger partial charge on any atom is -0.471 e. The number of halogens is 2. The highest BCUT2D eigenvalue weighted by Crippen LogP contribution is 2.34. The predicted octanol–water partition coefficient (Wildman–Crippen LogP) is 4.89. The number of carbonyl (C=O) groups excluding carboxylic acids is 1. The first-order chi connectivity index (χ1) is 16.7. The number of benzene rings is 2. The highest BCUT2D eigenvalue weighted by atomic mass is 79.9. The van der Waals surface area contributed by atoms with Crippen LogP contribution in [0.1, 0.15) is 38.6 Å². The lowest BCUT2D eigenvalue weighted by Crippen LogP contribution is -2.27. The van der Waals surface area contributed by atoms with E-state index in [2.05, 4.69) is 26.0 Å². The van der Waals surface area contributed by atoms with Gasteiger partial charge in [-0.1, -0.05) is 34.5 Å². The number of aryl methyl sites for hydroxylation is 1. The molecule has 1 aromatic heterocycles. The van der Waals surface area contributed by atoms with Crippen molar-refractivity contribution < 1.29 is 19.2 Å². The topological polar surface area (TPSA) is 126 Å². The first-order valence-electron chi connectivity index (χ1n) is 10.7. The third-order valence-electron chi connectivity index (χ3n) is 4.83. The van der Waals surface area contributed by atoms with Crippen LogP contribution in [0.2, 0.25) is 5.02 Å². The Morgan fingerprint density at radius 2 is 2.09 bits per heavy atom. The number of nitro groups is 1. The zero-order valence-electron chi connectivity index (χ0n) is 19.2. The van der Waals surface area contributed by atoms with Crippen LogP contribution in [-0.2, 0) is 16.0 Å². The number of hydrogen-bond donors (Lipinski definition) is 0. The fourth-order valence-corrected chi connectivity index (χ4v) is 3.85. The Morgan fingerprint density at radius 1 is 1.34 bits per heavy atom. The monoisotopic (exact) mass is 564 g/mol. The number of fused-ring (bicyclic) bond motifs is 1. The summed E-state index contributed by atoms with van der Waals surface area (Å²) in [6.45, 7) is 5.11. The summed E-state index contributed by atoms with van der Waals surface area (Å²) in [5, 5.41) is 16.4. The molecular formula is C23H22BrClN4O6. The Bertz CT molecular complexity index is 1370. The molecule has 0 saturated carbocycles. The number of nitro benzene ring substituents is 1. The molecule has 1 atom stereocenters. The van der Waals surface area contributed by atoms with Crippen molar-refractivity contribution in [2.75, 3.05) is 6.61 Å². The van der Waals surface area contributed by atoms with Crippen molar-refractivity contribution in [2.24, 2.45) is 5.10 Å². The molecule has 0 N–H and O–H groups in total. The van der Waals surface area contributed by atoms with Gasteiger partial charge in [-0.2, -0.15) is 9.78 Å². The van der Waals surface area contributed by atoms with E-state index < -0.39 is 28.2 Å². The van der Waals surface area contributed by atoms with Crippen molar-refractivity contribution in [1.82, 2.24) is 9.66 Å². The van der Waals surface area contributed by atoms with Crippen LogP contribution in [0.15, 0.2) is 44.7 Å². The minimum absolute atomic E-state index is 0.0518. The van der Waals surface area contributed by atoms with Gasteiger partial charge in [0, 0.05) is 27.5 Å². The molecule has 10 nitrogen and oxygen atoms in total. The van der Waals surface area contributed by atoms with E-state index in [1.807, 2.05) is 6.92 Å². The maximum atomic E-state index is 13.2. The number of esters is 1. The largest absolute Gasteiger partial charge is 0.471 e. The summed E-state index contributed by atoms with van der Waals surface area (Å²) in [7, 11) is 0. The Labute approximate surface area is 213 Å². The summed E-state index contributed by atoms with van der Waals surface area (Å²) in [4.78, 5) is 40.9. The van der Waals surface area contributed by atoms with Crippen LogP contribution >= 0.6 is 27.5 Å². The van der Waals surface area contributed by atoms with E-state index in [-0.39, 0.29) is 22.9 Å². The Hall–Kier alpha value is -3.31. The van der Waals surface area contributed by atoms with Crippen molar-refractivity contribution in [3.05, 3.63) is 71.7 Å². The van der Waals surface area contributed by atoms with Crippen LogP contribution in [0.3, 0.4) is 0 Å². The molecule has 0 aliphatic rings. The van der Waals surface area contributed by atoms with E-state index in [1.54, 1.807) is 25.1 Å². The molecule has 0 radical (unpaired) electrons. The van der Waals surface area contributed by atoms with Gasteiger partial charge in [-0.15, -0.1) is 0 Å². The number of ether oxygens (including phenoxy) is 2. The predicted molar refractivity (Wildman–Crippen MR) is 136 cm³/mol. The molecule has 0 fully saturated rings. The number of hydrogen-bond acceptors (Lipinski definition) is 8. The van der Waals surface area contributed by atoms with Crippen LogP contribution in [0.25, 0.3) is 10.9 Å². The average Bonchev–Trinajstić information content (AvgIpc) is 2.80. The van der Waals surface area contributed by atoms with Crippen molar-refractivity contribution in [3.63, 3.8) is 0 Å². The van der Waals surface area contributed by atoms with Crippen molar-refractivity contribution in [1.29, 1.82) is 0 Å². The molecule has 0 bridgehead atoms. The number of carbonyl (C=O) groups is 1. The molecule has 0 aliphatic heterocycles. The fraction of sp³-hybridized carbons (Fsp3) is 0.304. The standard InChI is InChI=1S/C23H22BrClN4O6/c1-4-6-20-27-18-8-7-15(24)10-17(18)22(30)28(20)26-12-14-9-16(25)11-19(29(32)33)21(14)35-13(3)23(31)34-5-2/h7-13H,4-6H2,1-3H3/t13-/m1/s1. The Kier molecular flexibility index (Phi) is 8.57. The van der Waals surface area contributed by atoms with Gasteiger partial charge in [0.2, 0.25) is 5.75 Å². The lowest BCUT2D eigenvalue weighted by molar-refractivity contribution is -0.386. The molecule has 0 amide bonds. The Morgan fingerprint density at radius 3 is 2.74 bits per heavy atom. The van der Waals surface area contributed by atoms with Gasteiger partial charge in [0.25, 0.3) is 5.56 Å². The van der Waals surface area contributed by atoms with E-state index >= 15 is 0 Å². The minimum atomic E-state index is -1.14. The smallest absolute Gasteiger partial charge is 0.347 e. The van der Waals surface area contributed by atoms with Crippen molar-refractivity contribution in [2.45, 2.75) is 39.7 Å². The first-order valence-corrected chi connectivity index (χ1v) is 11.9. The molecule has 3 rings (SSSR count). The third kappa shape index (κ3) is 6.04. The second-order valence-corrected chi connectivity index (χ2v) is 8.77. The van der Waals surface area contributed by atoms with E-state index in [0.29, 0.717) is 34.0 Å². The molecule has 3 aromatic rings. The van der Waals surface area contributed by atoms with Crippen LogP contribution in [0.4, 0.5) is 5.69 Å². The van der Waals surface area contributed by atoms with Gasteiger partial charge in [0.1, 0.15) is 5.82 Å². The average molecular weight is 566 g/mol. The normalized spacial score (nSPS) is 12.1. The molecule has 0 unspecified atom stereocenters. The summed E-state index contributed by atoms with van der Waals surface area (Å²) in [5.74, 6) is -0.502. The number of rotatable bonds is 9. The highest BCUT2D eigenvalue weighted by Gasteiger charge is 2.26. The second-order valence-electron chi connectivity index (χ2n) is 7.41. The SMILES string of the molecule is CCCc1nc2ccc(Br)cc2c(=O)n1N=Cc1cc(Cl)cc([N+](=O)[O-])c1O[C@H](C)C(=O)OCC. The van der Waals surface area contributed by atoms with Gasteiger partial charge in [-0.05, 0) is 44.5 Å². The maximum Gasteiger partial charge on any atom is 0.347 e. The lowest BCUT2D eigenvalue weighted by Gasteiger charge is -2.15. The molecule has 2 aromatic carbocycles. The molecule has 0 aliphatic carbocycles. The molecule has 1 heterocycles. The highest BCUT2D eigenvalue weighted by molar-refractivity contribution is 9.10. The van der Waals surface area contributed by atoms with E-state index in [0.717, 1.165) is 10.7 Å². The quantitative estimate of drug-likeness (QED) is 0.157.